The van der Waals surface area contributed by atoms with Crippen LogP contribution in [0.1, 0.15) is 29.3 Å². The molecule has 1 saturated heterocycles. The number of nitrogens with zero attached hydrogens (tertiary/aromatic N) is 1. The zero-order chi connectivity index (χ0) is 17.6. The summed E-state index contributed by atoms with van der Waals surface area (Å²) in [5, 5.41) is 0. The van der Waals surface area contributed by atoms with Gasteiger partial charge < -0.3 is 0 Å². The lowest BCUT2D eigenvalue weighted by molar-refractivity contribution is -1.16. The summed E-state index contributed by atoms with van der Waals surface area (Å²) in [6.45, 7) is 4.60. The summed E-state index contributed by atoms with van der Waals surface area (Å²) in [7, 11) is 0. The normalized spacial score (nSPS) is 22.8. The molecule has 2 atom stereocenters. The van der Waals surface area contributed by atoms with Gasteiger partial charge >= 0.3 is 0 Å². The molecule has 2 N–H and O–H groups in total. The molecule has 1 aliphatic heterocycles. The lowest BCUT2D eigenvalue weighted by atomic mass is 10.1. The van der Waals surface area contributed by atoms with Crippen LogP contribution in [0.3, 0.4) is 0 Å². The van der Waals surface area contributed by atoms with Gasteiger partial charge in [-0.15, -0.1) is 0 Å². The number of rotatable bonds is 5. The number of aromatic nitrogens is 1. The molecule has 2 heterocycles. The van der Waals surface area contributed by atoms with Gasteiger partial charge in [0.05, 0.1) is 18.7 Å². The van der Waals surface area contributed by atoms with Crippen LogP contribution in [0, 0.1) is 0 Å². The van der Waals surface area contributed by atoms with Crippen molar-refractivity contribution in [3.63, 3.8) is 0 Å². The number of quaternary nitrogens is 2. The second-order valence-electron chi connectivity index (χ2n) is 7.21. The monoisotopic (exact) mass is 345 g/mol. The van der Waals surface area contributed by atoms with Gasteiger partial charge in [0.2, 0.25) is 6.17 Å². The topological polar surface area (TPSA) is 21.8 Å². The van der Waals surface area contributed by atoms with Crippen molar-refractivity contribution in [2.24, 2.45) is 0 Å². The fourth-order valence-corrected chi connectivity index (χ4v) is 4.24. The van der Waals surface area contributed by atoms with Gasteiger partial charge in [-0.05, 0) is 12.1 Å². The summed E-state index contributed by atoms with van der Waals surface area (Å²) < 4.78 is 0. The summed E-state index contributed by atoms with van der Waals surface area (Å²) in [5.41, 5.74) is 4.24. The van der Waals surface area contributed by atoms with Gasteiger partial charge in [-0.2, -0.15) is 0 Å². The van der Waals surface area contributed by atoms with E-state index < -0.39 is 0 Å². The van der Waals surface area contributed by atoms with E-state index in [4.69, 9.17) is 0 Å². The maximum atomic E-state index is 4.24. The van der Waals surface area contributed by atoms with Crippen molar-refractivity contribution in [2.45, 2.75) is 25.7 Å². The van der Waals surface area contributed by atoms with Gasteiger partial charge in [0.1, 0.15) is 13.1 Å². The van der Waals surface area contributed by atoms with E-state index in [0.29, 0.717) is 6.17 Å². The minimum absolute atomic E-state index is 0.451. The van der Waals surface area contributed by atoms with Crippen LogP contribution in [0.25, 0.3) is 0 Å². The van der Waals surface area contributed by atoms with E-state index in [9.17, 15) is 0 Å². The molecule has 3 heteroatoms. The van der Waals surface area contributed by atoms with Crippen LogP contribution < -0.4 is 9.80 Å². The predicted molar refractivity (Wildman–Crippen MR) is 104 cm³/mol. The van der Waals surface area contributed by atoms with Crippen LogP contribution in [0.4, 0.5) is 0 Å². The Kier molecular flexibility index (Phi) is 5.38. The molecule has 2 unspecified atom stereocenters. The molecule has 1 aliphatic rings. The first-order valence-corrected chi connectivity index (χ1v) is 9.57. The van der Waals surface area contributed by atoms with Gasteiger partial charge in [-0.25, -0.2) is 0 Å². The number of nitrogens with one attached hydrogen (secondary N) is 2. The average Bonchev–Trinajstić information content (AvgIpc) is 2.70. The van der Waals surface area contributed by atoms with E-state index >= 15 is 0 Å². The molecule has 0 bridgehead atoms. The zero-order valence-corrected chi connectivity index (χ0v) is 15.1. The van der Waals surface area contributed by atoms with Gasteiger partial charge in [-0.3, -0.25) is 14.8 Å². The van der Waals surface area contributed by atoms with E-state index in [-0.39, 0.29) is 0 Å². The number of hydrogen-bond donors (Lipinski definition) is 2. The Labute approximate surface area is 155 Å². The highest BCUT2D eigenvalue weighted by Gasteiger charge is 2.37. The highest BCUT2D eigenvalue weighted by molar-refractivity contribution is 5.15. The quantitative estimate of drug-likeness (QED) is 0.721. The lowest BCUT2D eigenvalue weighted by Gasteiger charge is -2.38. The third-order valence-corrected chi connectivity index (χ3v) is 5.40. The van der Waals surface area contributed by atoms with Crippen LogP contribution in [-0.2, 0) is 13.1 Å². The van der Waals surface area contributed by atoms with Crippen molar-refractivity contribution >= 4 is 0 Å². The first-order chi connectivity index (χ1) is 12.9. The molecule has 1 fully saturated rings. The third-order valence-electron chi connectivity index (χ3n) is 5.40. The van der Waals surface area contributed by atoms with Crippen molar-refractivity contribution in [3.8, 4) is 0 Å². The molecular weight excluding hydrogens is 318 g/mol. The molecule has 2 aromatic carbocycles. The SMILES string of the molecule is c1ccc(C[NH+]2CCC[NH+](Cc3ccccc3)C2c2ccncc2)cc1. The highest BCUT2D eigenvalue weighted by Crippen LogP contribution is 2.07. The number of hydrogen-bond acceptors (Lipinski definition) is 1. The molecular formula is C23H27N3+2. The van der Waals surface area contributed by atoms with E-state index in [1.54, 1.807) is 9.80 Å². The molecule has 1 aromatic heterocycles. The number of pyridine rings is 1. The average molecular weight is 345 g/mol. The smallest absolute Gasteiger partial charge is 0.240 e. The van der Waals surface area contributed by atoms with Gasteiger partial charge in [-0.1, -0.05) is 60.7 Å². The van der Waals surface area contributed by atoms with Crippen LogP contribution in [0.5, 0.6) is 0 Å². The minimum atomic E-state index is 0.451. The molecule has 0 saturated carbocycles. The maximum absolute atomic E-state index is 4.24. The molecule has 3 aromatic rings. The lowest BCUT2D eigenvalue weighted by Crippen LogP contribution is -3.32. The van der Waals surface area contributed by atoms with Crippen LogP contribution in [-0.4, -0.2) is 18.1 Å². The second kappa shape index (κ2) is 8.26. The molecule has 3 nitrogen and oxygen atoms in total. The Morgan fingerprint density at radius 1 is 0.692 bits per heavy atom. The first-order valence-electron chi connectivity index (χ1n) is 9.57. The van der Waals surface area contributed by atoms with Crippen molar-refractivity contribution in [1.82, 2.24) is 4.98 Å². The van der Waals surface area contributed by atoms with Crippen molar-refractivity contribution in [1.29, 1.82) is 0 Å². The summed E-state index contributed by atoms with van der Waals surface area (Å²) in [5.74, 6) is 0. The van der Waals surface area contributed by atoms with E-state index in [2.05, 4.69) is 77.8 Å². The van der Waals surface area contributed by atoms with Crippen LogP contribution >= 0.6 is 0 Å². The molecule has 0 radical (unpaired) electrons. The van der Waals surface area contributed by atoms with Crippen molar-refractivity contribution in [2.75, 3.05) is 13.1 Å². The molecule has 4 rings (SSSR count). The molecule has 0 spiro atoms. The van der Waals surface area contributed by atoms with Crippen LogP contribution in [0.2, 0.25) is 0 Å². The van der Waals surface area contributed by atoms with Gasteiger partial charge in [0.25, 0.3) is 0 Å². The Morgan fingerprint density at radius 2 is 1.19 bits per heavy atom. The highest BCUT2D eigenvalue weighted by atomic mass is 15.4. The Morgan fingerprint density at radius 3 is 1.69 bits per heavy atom. The zero-order valence-electron chi connectivity index (χ0n) is 15.1. The summed E-state index contributed by atoms with van der Waals surface area (Å²) in [6, 6.07) is 26.2. The molecule has 132 valence electrons. The third kappa shape index (κ3) is 4.01. The molecule has 26 heavy (non-hydrogen) atoms. The Hall–Kier alpha value is -2.49. The second-order valence-corrected chi connectivity index (χ2v) is 7.21. The molecule has 0 amide bonds. The Balaban J connectivity index is 1.62. The maximum Gasteiger partial charge on any atom is 0.240 e. The summed E-state index contributed by atoms with van der Waals surface area (Å²) in [4.78, 5) is 7.54. The van der Waals surface area contributed by atoms with Crippen molar-refractivity contribution < 1.29 is 9.80 Å². The number of benzene rings is 2. The molecule has 0 aliphatic carbocycles. The standard InChI is InChI=1S/C23H25N3/c1-3-8-20(9-4-1)18-25-16-7-17-26(19-21-10-5-2-6-11-21)23(25)22-12-14-24-15-13-22/h1-6,8-15,23H,7,16-19H2/p+2. The Bertz CT molecular complexity index is 740. The predicted octanol–water partition coefficient (Wildman–Crippen LogP) is 1.65. The van der Waals surface area contributed by atoms with E-state index in [1.807, 2.05) is 12.4 Å². The summed E-state index contributed by atoms with van der Waals surface area (Å²) in [6.07, 6.45) is 5.59. The fourth-order valence-electron chi connectivity index (χ4n) is 4.24. The summed E-state index contributed by atoms with van der Waals surface area (Å²) >= 11 is 0. The largest absolute Gasteiger partial charge is 0.278 e. The first kappa shape index (κ1) is 17.0. The van der Waals surface area contributed by atoms with Crippen LogP contribution in [0.15, 0.2) is 85.2 Å². The minimum Gasteiger partial charge on any atom is -0.278 e. The van der Waals surface area contributed by atoms with E-state index in [1.165, 1.54) is 36.2 Å². The fraction of sp³-hybridized carbons (Fsp3) is 0.261. The van der Waals surface area contributed by atoms with Gasteiger partial charge in [0, 0.05) is 29.9 Å². The van der Waals surface area contributed by atoms with Gasteiger partial charge in [0.15, 0.2) is 0 Å². The van der Waals surface area contributed by atoms with Crippen molar-refractivity contribution in [3.05, 3.63) is 102 Å². The van der Waals surface area contributed by atoms with E-state index in [0.717, 1.165) is 13.1 Å².